The zero-order valence-electron chi connectivity index (χ0n) is 19.7. The molecule has 2 N–H and O–H groups in total. The molecule has 7 heteroatoms. The van der Waals surface area contributed by atoms with Crippen molar-refractivity contribution in [3.05, 3.63) is 70.8 Å². The number of unbranched alkanes of at least 4 members (excludes halogenated alkanes) is 2. The SMILES string of the molecule is CNC(=O)[C@@](C)(C(=O)CO)N(C)C(=O)c1ccc(C#Cc2ccc(CCCCC#N)cc2)cc1. The third kappa shape index (κ3) is 6.31. The second-order valence-corrected chi connectivity index (χ2v) is 7.99. The van der Waals surface area contributed by atoms with Crippen molar-refractivity contribution in [3.63, 3.8) is 0 Å². The maximum absolute atomic E-state index is 12.9. The Hall–Kier alpha value is -3.94. The quantitative estimate of drug-likeness (QED) is 0.340. The number of carbonyl (C=O) groups is 3. The zero-order valence-corrected chi connectivity index (χ0v) is 19.7. The van der Waals surface area contributed by atoms with Crippen molar-refractivity contribution in [1.82, 2.24) is 10.2 Å². The third-order valence-corrected chi connectivity index (χ3v) is 5.77. The molecule has 1 atom stereocenters. The van der Waals surface area contributed by atoms with Crippen LogP contribution in [0.25, 0.3) is 0 Å². The Kier molecular flexibility index (Phi) is 9.55. The summed E-state index contributed by atoms with van der Waals surface area (Å²) in [5.74, 6) is 4.16. The van der Waals surface area contributed by atoms with Crippen LogP contribution in [0.15, 0.2) is 48.5 Å². The first kappa shape index (κ1) is 26.3. The van der Waals surface area contributed by atoms with E-state index in [2.05, 4.69) is 23.2 Å². The molecule has 2 aromatic carbocycles. The minimum atomic E-state index is -1.83. The lowest BCUT2D eigenvalue weighted by Crippen LogP contribution is -2.62. The average Bonchev–Trinajstić information content (AvgIpc) is 2.88. The van der Waals surface area contributed by atoms with Gasteiger partial charge in [0.2, 0.25) is 0 Å². The molecule has 0 aliphatic carbocycles. The summed E-state index contributed by atoms with van der Waals surface area (Å²) in [5, 5.41) is 20.2. The van der Waals surface area contributed by atoms with Crippen molar-refractivity contribution < 1.29 is 19.5 Å². The van der Waals surface area contributed by atoms with Crippen LogP contribution < -0.4 is 5.32 Å². The van der Waals surface area contributed by atoms with Gasteiger partial charge >= 0.3 is 0 Å². The summed E-state index contributed by atoms with van der Waals surface area (Å²) in [7, 11) is 2.72. The van der Waals surface area contributed by atoms with Gasteiger partial charge in [0.25, 0.3) is 11.8 Å². The van der Waals surface area contributed by atoms with E-state index in [-0.39, 0.29) is 5.56 Å². The van der Waals surface area contributed by atoms with Crippen LogP contribution in [0.1, 0.15) is 53.2 Å². The highest BCUT2D eigenvalue weighted by Crippen LogP contribution is 2.19. The number of aryl methyl sites for hydroxylation is 1. The molecule has 0 radical (unpaired) electrons. The van der Waals surface area contributed by atoms with E-state index in [4.69, 9.17) is 5.26 Å². The Bertz CT molecular complexity index is 1100. The average molecular weight is 460 g/mol. The molecule has 2 rings (SSSR count). The van der Waals surface area contributed by atoms with Crippen LogP contribution >= 0.6 is 0 Å². The predicted octanol–water partition coefficient (Wildman–Crippen LogP) is 2.46. The summed E-state index contributed by atoms with van der Waals surface area (Å²) < 4.78 is 0. The van der Waals surface area contributed by atoms with E-state index >= 15 is 0 Å². The number of hydrogen-bond donors (Lipinski definition) is 2. The van der Waals surface area contributed by atoms with E-state index in [9.17, 15) is 19.5 Å². The Morgan fingerprint density at radius 2 is 1.56 bits per heavy atom. The molecule has 2 amide bonds. The van der Waals surface area contributed by atoms with Crippen molar-refractivity contribution in [2.75, 3.05) is 20.7 Å². The highest BCUT2D eigenvalue weighted by molar-refractivity contribution is 6.14. The van der Waals surface area contributed by atoms with Crippen molar-refractivity contribution in [2.45, 2.75) is 38.1 Å². The number of likely N-dealkylation sites (N-methyl/N-ethyl adjacent to an activating group) is 2. The van der Waals surface area contributed by atoms with Crippen LogP contribution in [0.4, 0.5) is 0 Å². The molecule has 0 aromatic heterocycles. The van der Waals surface area contributed by atoms with Crippen molar-refractivity contribution in [3.8, 4) is 17.9 Å². The highest BCUT2D eigenvalue weighted by atomic mass is 16.3. The number of nitrogens with one attached hydrogen (secondary N) is 1. The van der Waals surface area contributed by atoms with Gasteiger partial charge in [-0.25, -0.2) is 0 Å². The molecular weight excluding hydrogens is 430 g/mol. The van der Waals surface area contributed by atoms with Gasteiger partial charge in [0.05, 0.1) is 6.07 Å². The number of ketones is 1. The molecule has 176 valence electrons. The van der Waals surface area contributed by atoms with Crippen LogP contribution in [-0.2, 0) is 16.0 Å². The summed E-state index contributed by atoms with van der Waals surface area (Å²) in [6.45, 7) is 0.442. The molecule has 7 nitrogen and oxygen atoms in total. The monoisotopic (exact) mass is 459 g/mol. The van der Waals surface area contributed by atoms with Crippen LogP contribution in [-0.4, -0.2) is 53.8 Å². The number of nitrogens with zero attached hydrogens (tertiary/aromatic N) is 2. The van der Waals surface area contributed by atoms with Gasteiger partial charge in [0.1, 0.15) is 6.61 Å². The van der Waals surface area contributed by atoms with Gasteiger partial charge in [0, 0.05) is 37.2 Å². The molecular formula is C27H29N3O4. The van der Waals surface area contributed by atoms with Gasteiger partial charge in [-0.3, -0.25) is 14.4 Å². The molecule has 0 fully saturated rings. The molecule has 0 saturated carbocycles. The molecule has 0 bridgehead atoms. The maximum Gasteiger partial charge on any atom is 0.254 e. The number of nitriles is 1. The molecule has 0 spiro atoms. The largest absolute Gasteiger partial charge is 0.388 e. The zero-order chi connectivity index (χ0) is 25.1. The van der Waals surface area contributed by atoms with Crippen LogP contribution in [0.5, 0.6) is 0 Å². The predicted molar refractivity (Wildman–Crippen MR) is 129 cm³/mol. The molecule has 34 heavy (non-hydrogen) atoms. The first-order valence-electron chi connectivity index (χ1n) is 11.0. The van der Waals surface area contributed by atoms with Gasteiger partial charge in [0.15, 0.2) is 11.3 Å². The van der Waals surface area contributed by atoms with Crippen molar-refractivity contribution in [1.29, 1.82) is 5.26 Å². The topological polar surface area (TPSA) is 110 Å². The molecule has 0 aliphatic heterocycles. The number of amides is 2. The van der Waals surface area contributed by atoms with E-state index in [0.29, 0.717) is 12.0 Å². The van der Waals surface area contributed by atoms with Gasteiger partial charge in [-0.15, -0.1) is 0 Å². The first-order valence-corrected chi connectivity index (χ1v) is 11.0. The molecule has 0 saturated heterocycles. The van der Waals surface area contributed by atoms with E-state index in [0.717, 1.165) is 29.7 Å². The first-order chi connectivity index (χ1) is 16.3. The number of aliphatic hydroxyl groups excluding tert-OH is 1. The summed E-state index contributed by atoms with van der Waals surface area (Å²) in [4.78, 5) is 38.5. The fourth-order valence-electron chi connectivity index (χ4n) is 3.39. The van der Waals surface area contributed by atoms with E-state index in [1.165, 1.54) is 26.6 Å². The fourth-order valence-corrected chi connectivity index (χ4v) is 3.39. The lowest BCUT2D eigenvalue weighted by atomic mass is 9.92. The number of carbonyl (C=O) groups excluding carboxylic acids is 3. The number of Topliss-reactive ketones (excluding diaryl/α,β-unsaturated/α-hetero) is 1. The second-order valence-electron chi connectivity index (χ2n) is 7.99. The second kappa shape index (κ2) is 12.3. The summed E-state index contributed by atoms with van der Waals surface area (Å²) in [5.41, 5.74) is 1.24. The van der Waals surface area contributed by atoms with Crippen LogP contribution in [0.3, 0.4) is 0 Å². The van der Waals surface area contributed by atoms with E-state index in [1.54, 1.807) is 24.3 Å². The minimum Gasteiger partial charge on any atom is -0.388 e. The Morgan fingerprint density at radius 1 is 1.00 bits per heavy atom. The Morgan fingerprint density at radius 3 is 2.06 bits per heavy atom. The number of hydrogen-bond acceptors (Lipinski definition) is 5. The number of rotatable bonds is 9. The van der Waals surface area contributed by atoms with Crippen molar-refractivity contribution in [2.24, 2.45) is 0 Å². The van der Waals surface area contributed by atoms with Gasteiger partial charge < -0.3 is 15.3 Å². The lowest BCUT2D eigenvalue weighted by Gasteiger charge is -2.35. The molecule has 0 heterocycles. The van der Waals surface area contributed by atoms with Gasteiger partial charge in [-0.05, 0) is 68.1 Å². The summed E-state index contributed by atoms with van der Waals surface area (Å²) in [6.07, 6.45) is 3.39. The Balaban J connectivity index is 2.10. The maximum atomic E-state index is 12.9. The van der Waals surface area contributed by atoms with E-state index < -0.39 is 29.7 Å². The van der Waals surface area contributed by atoms with Crippen LogP contribution in [0, 0.1) is 23.2 Å². The van der Waals surface area contributed by atoms with Gasteiger partial charge in [-0.1, -0.05) is 24.0 Å². The normalized spacial score (nSPS) is 11.9. The van der Waals surface area contributed by atoms with Crippen LogP contribution in [0.2, 0.25) is 0 Å². The Labute approximate surface area is 200 Å². The molecule has 0 aliphatic rings. The standard InChI is InChI=1S/C27H29N3O4/c1-27(24(32)19-31,26(34)29-2)30(3)25(33)23-16-14-22(15-17-23)13-12-21-10-8-20(9-11-21)7-5-4-6-18-28/h8-11,14-17,31H,4-7,19H2,1-3H3,(H,29,34)/t27-/m1/s1. The highest BCUT2D eigenvalue weighted by Gasteiger charge is 2.46. The number of aliphatic hydroxyl groups is 1. The van der Waals surface area contributed by atoms with Crippen molar-refractivity contribution >= 4 is 17.6 Å². The minimum absolute atomic E-state index is 0.287. The molecule has 0 unspecified atom stereocenters. The number of benzene rings is 2. The summed E-state index contributed by atoms with van der Waals surface area (Å²) in [6, 6.07) is 16.7. The smallest absolute Gasteiger partial charge is 0.254 e. The molecule has 2 aromatic rings. The fraction of sp³-hybridized carbons (Fsp3) is 0.333. The third-order valence-electron chi connectivity index (χ3n) is 5.77. The van der Waals surface area contributed by atoms with E-state index in [1.807, 2.05) is 24.3 Å². The lowest BCUT2D eigenvalue weighted by molar-refractivity contribution is -0.143. The summed E-state index contributed by atoms with van der Waals surface area (Å²) >= 11 is 0. The van der Waals surface area contributed by atoms with Gasteiger partial charge in [-0.2, -0.15) is 5.26 Å².